The number of aliphatic hydroxyl groups excluding tert-OH is 2. The first kappa shape index (κ1) is 20.5. The molecule has 0 amide bonds. The van der Waals surface area contributed by atoms with Gasteiger partial charge in [-0.2, -0.15) is 0 Å². The summed E-state index contributed by atoms with van der Waals surface area (Å²) in [5.41, 5.74) is 1.23. The van der Waals surface area contributed by atoms with Crippen molar-refractivity contribution < 1.29 is 10.2 Å². The van der Waals surface area contributed by atoms with Crippen molar-refractivity contribution in [3.63, 3.8) is 0 Å². The predicted molar refractivity (Wildman–Crippen MR) is 100 cm³/mol. The maximum Gasteiger partial charge on any atom is 0.0815 e. The third-order valence-electron chi connectivity index (χ3n) is 3.91. The second-order valence-electron chi connectivity index (χ2n) is 8.17. The molecule has 0 aliphatic carbocycles. The van der Waals surface area contributed by atoms with Crippen LogP contribution in [0.25, 0.3) is 0 Å². The van der Waals surface area contributed by atoms with Gasteiger partial charge >= 0.3 is 0 Å². The second kappa shape index (κ2) is 8.49. The molecule has 2 atom stereocenters. The Bertz CT molecular complexity index is 521. The van der Waals surface area contributed by atoms with Crippen molar-refractivity contribution in [3.8, 4) is 0 Å². The van der Waals surface area contributed by atoms with E-state index in [1.807, 2.05) is 59.7 Å². The van der Waals surface area contributed by atoms with Gasteiger partial charge in [-0.25, -0.2) is 4.98 Å². The van der Waals surface area contributed by atoms with E-state index in [1.54, 1.807) is 12.4 Å². The highest BCUT2D eigenvalue weighted by Gasteiger charge is 2.23. The van der Waals surface area contributed by atoms with E-state index in [0.717, 1.165) is 11.4 Å². The lowest BCUT2D eigenvalue weighted by atomic mass is 9.88. The van der Waals surface area contributed by atoms with Crippen LogP contribution in [-0.4, -0.2) is 52.9 Å². The van der Waals surface area contributed by atoms with Crippen molar-refractivity contribution in [1.29, 1.82) is 0 Å². The largest absolute Gasteiger partial charge is 0.394 e. The van der Waals surface area contributed by atoms with Crippen LogP contribution < -0.4 is 0 Å². The standard InChI is InChI=1S/C19H31N3O2/c1-18(2,3)16(12-23)20-10-14-8-7-9-15(22-14)11-21-17(13-24)19(4,5)6/h7-11,16-17,23-24H,12-13H2,1-6H3/t16-,17-/m0/s1. The summed E-state index contributed by atoms with van der Waals surface area (Å²) >= 11 is 0. The first-order chi connectivity index (χ1) is 11.1. The van der Waals surface area contributed by atoms with Crippen molar-refractivity contribution in [1.82, 2.24) is 4.98 Å². The van der Waals surface area contributed by atoms with Crippen LogP contribution >= 0.6 is 0 Å². The molecule has 0 radical (unpaired) electrons. The Hall–Kier alpha value is -1.59. The number of nitrogens with zero attached hydrogens (tertiary/aromatic N) is 3. The van der Waals surface area contributed by atoms with Gasteiger partial charge in [-0.3, -0.25) is 9.98 Å². The SMILES string of the molecule is CC(C)(C)[C@H](CO)N=Cc1cccc(C=N[C@@H](CO)C(C)(C)C)n1. The van der Waals surface area contributed by atoms with Gasteiger partial charge in [0, 0.05) is 12.4 Å². The number of hydrogen-bond donors (Lipinski definition) is 2. The molecule has 0 aromatic carbocycles. The fourth-order valence-electron chi connectivity index (χ4n) is 2.03. The molecule has 0 unspecified atom stereocenters. The number of rotatable bonds is 6. The summed E-state index contributed by atoms with van der Waals surface area (Å²) in [5.74, 6) is 0. The van der Waals surface area contributed by atoms with Crippen LogP contribution in [0.4, 0.5) is 0 Å². The number of pyridine rings is 1. The summed E-state index contributed by atoms with van der Waals surface area (Å²) in [6, 6.07) is 5.29. The molecule has 5 nitrogen and oxygen atoms in total. The molecule has 0 aliphatic heterocycles. The van der Waals surface area contributed by atoms with Gasteiger partial charge in [0.15, 0.2) is 0 Å². The van der Waals surface area contributed by atoms with E-state index in [2.05, 4.69) is 15.0 Å². The van der Waals surface area contributed by atoms with E-state index in [0.29, 0.717) is 0 Å². The normalized spacial score (nSPS) is 16.0. The third kappa shape index (κ3) is 6.49. The molecular weight excluding hydrogens is 302 g/mol. The van der Waals surface area contributed by atoms with Gasteiger partial charge in [-0.1, -0.05) is 47.6 Å². The Morgan fingerprint density at radius 1 is 0.875 bits per heavy atom. The highest BCUT2D eigenvalue weighted by atomic mass is 16.3. The summed E-state index contributed by atoms with van der Waals surface area (Å²) in [5, 5.41) is 18.9. The van der Waals surface area contributed by atoms with Crippen molar-refractivity contribution in [2.75, 3.05) is 13.2 Å². The van der Waals surface area contributed by atoms with Crippen LogP contribution in [0.3, 0.4) is 0 Å². The molecule has 0 aliphatic rings. The molecule has 1 aromatic rings. The topological polar surface area (TPSA) is 78.1 Å². The Kier molecular flexibility index (Phi) is 7.24. The van der Waals surface area contributed by atoms with E-state index in [9.17, 15) is 10.2 Å². The van der Waals surface area contributed by atoms with Gasteiger partial charge in [-0.05, 0) is 23.0 Å². The van der Waals surface area contributed by atoms with Crippen molar-refractivity contribution in [2.24, 2.45) is 20.8 Å². The molecule has 1 aromatic heterocycles. The van der Waals surface area contributed by atoms with Crippen LogP contribution in [0, 0.1) is 10.8 Å². The summed E-state index contributed by atoms with van der Waals surface area (Å²) in [6.45, 7) is 12.3. The lowest BCUT2D eigenvalue weighted by molar-refractivity contribution is 0.191. The Morgan fingerprint density at radius 2 is 1.25 bits per heavy atom. The molecule has 24 heavy (non-hydrogen) atoms. The molecule has 0 fully saturated rings. The van der Waals surface area contributed by atoms with Crippen molar-refractivity contribution >= 4 is 12.4 Å². The minimum Gasteiger partial charge on any atom is -0.394 e. The zero-order chi connectivity index (χ0) is 18.4. The van der Waals surface area contributed by atoms with Crippen LogP contribution in [-0.2, 0) is 0 Å². The zero-order valence-electron chi connectivity index (χ0n) is 15.7. The maximum atomic E-state index is 9.46. The molecule has 1 rings (SSSR count). The Balaban J connectivity index is 2.91. The summed E-state index contributed by atoms with van der Waals surface area (Å²) in [4.78, 5) is 13.4. The maximum absolute atomic E-state index is 9.46. The number of hydrogen-bond acceptors (Lipinski definition) is 5. The first-order valence-corrected chi connectivity index (χ1v) is 8.33. The summed E-state index contributed by atoms with van der Waals surface area (Å²) < 4.78 is 0. The van der Waals surface area contributed by atoms with E-state index >= 15 is 0 Å². The van der Waals surface area contributed by atoms with E-state index in [4.69, 9.17) is 0 Å². The molecule has 0 saturated carbocycles. The summed E-state index contributed by atoms with van der Waals surface area (Å²) in [7, 11) is 0. The lowest BCUT2D eigenvalue weighted by Crippen LogP contribution is -2.28. The number of aliphatic imine (C=N–C) groups is 2. The third-order valence-corrected chi connectivity index (χ3v) is 3.91. The van der Waals surface area contributed by atoms with Gasteiger partial charge in [0.05, 0.1) is 36.7 Å². The average Bonchev–Trinajstić information content (AvgIpc) is 2.46. The van der Waals surface area contributed by atoms with Gasteiger partial charge in [0.2, 0.25) is 0 Å². The van der Waals surface area contributed by atoms with E-state index in [-0.39, 0.29) is 36.1 Å². The van der Waals surface area contributed by atoms with Crippen LogP contribution in [0.15, 0.2) is 28.2 Å². The minimum absolute atomic E-state index is 0.00487. The molecular formula is C19H31N3O2. The zero-order valence-corrected chi connectivity index (χ0v) is 15.7. The highest BCUT2D eigenvalue weighted by molar-refractivity contribution is 5.81. The monoisotopic (exact) mass is 333 g/mol. The van der Waals surface area contributed by atoms with Crippen LogP contribution in [0.2, 0.25) is 0 Å². The van der Waals surface area contributed by atoms with E-state index < -0.39 is 0 Å². The molecule has 2 N–H and O–H groups in total. The van der Waals surface area contributed by atoms with Gasteiger partial charge in [-0.15, -0.1) is 0 Å². The molecule has 0 spiro atoms. The van der Waals surface area contributed by atoms with Crippen LogP contribution in [0.1, 0.15) is 52.9 Å². The minimum atomic E-state index is -0.170. The quantitative estimate of drug-likeness (QED) is 0.786. The van der Waals surface area contributed by atoms with E-state index in [1.165, 1.54) is 0 Å². The molecule has 1 heterocycles. The number of aliphatic hydroxyl groups is 2. The van der Waals surface area contributed by atoms with Crippen molar-refractivity contribution in [3.05, 3.63) is 29.6 Å². The molecule has 134 valence electrons. The Morgan fingerprint density at radius 3 is 1.54 bits per heavy atom. The fraction of sp³-hybridized carbons (Fsp3) is 0.632. The molecule has 0 saturated heterocycles. The molecule has 5 heteroatoms. The highest BCUT2D eigenvalue weighted by Crippen LogP contribution is 2.22. The second-order valence-corrected chi connectivity index (χ2v) is 8.17. The van der Waals surface area contributed by atoms with Crippen molar-refractivity contribution in [2.45, 2.75) is 53.6 Å². The smallest absolute Gasteiger partial charge is 0.0815 e. The van der Waals surface area contributed by atoms with Gasteiger partial charge in [0.25, 0.3) is 0 Å². The average molecular weight is 333 g/mol. The lowest BCUT2D eigenvalue weighted by Gasteiger charge is -2.25. The van der Waals surface area contributed by atoms with Gasteiger partial charge < -0.3 is 10.2 Å². The predicted octanol–water partition coefficient (Wildman–Crippen LogP) is 2.73. The fourth-order valence-corrected chi connectivity index (χ4v) is 2.03. The summed E-state index contributed by atoms with van der Waals surface area (Å²) in [6.07, 6.45) is 3.38. The number of aromatic nitrogens is 1. The van der Waals surface area contributed by atoms with Crippen LogP contribution in [0.5, 0.6) is 0 Å². The molecule has 0 bridgehead atoms. The Labute approximate surface area is 145 Å². The van der Waals surface area contributed by atoms with Gasteiger partial charge in [0.1, 0.15) is 0 Å². The first-order valence-electron chi connectivity index (χ1n) is 8.33.